The van der Waals surface area contributed by atoms with E-state index in [2.05, 4.69) is 4.99 Å². The summed E-state index contributed by atoms with van der Waals surface area (Å²) in [6.07, 6.45) is 1.78. The molecule has 1 atom stereocenters. The van der Waals surface area contributed by atoms with E-state index in [0.717, 1.165) is 33.5 Å². The molecule has 1 aliphatic rings. The van der Waals surface area contributed by atoms with Crippen molar-refractivity contribution in [2.75, 3.05) is 13.2 Å². The van der Waals surface area contributed by atoms with E-state index < -0.39 is 27.9 Å². The number of amides is 1. The maximum Gasteiger partial charge on any atom is 0.326 e. The van der Waals surface area contributed by atoms with Gasteiger partial charge >= 0.3 is 5.97 Å². The molecule has 34 heavy (non-hydrogen) atoms. The van der Waals surface area contributed by atoms with Crippen LogP contribution < -0.4 is 4.80 Å². The molecule has 1 aliphatic heterocycles. The maximum absolute atomic E-state index is 13.3. The largest absolute Gasteiger partial charge is 0.465 e. The van der Waals surface area contributed by atoms with Gasteiger partial charge in [0.1, 0.15) is 16.8 Å². The van der Waals surface area contributed by atoms with Crippen molar-refractivity contribution in [2.24, 2.45) is 4.99 Å². The summed E-state index contributed by atoms with van der Waals surface area (Å²) in [5, 5.41) is 0. The van der Waals surface area contributed by atoms with Crippen LogP contribution in [-0.2, 0) is 37.3 Å². The molecule has 0 radical (unpaired) electrons. The molecular formula is C22H24ClN3O5S3. The van der Waals surface area contributed by atoms with Crippen LogP contribution in [0, 0.1) is 0 Å². The van der Waals surface area contributed by atoms with Gasteiger partial charge in [-0.2, -0.15) is 9.30 Å². The quantitative estimate of drug-likeness (QED) is 0.423. The molecule has 8 nitrogen and oxygen atoms in total. The average molecular weight is 542 g/mol. The summed E-state index contributed by atoms with van der Waals surface area (Å²) in [7, 11) is -3.87. The fourth-order valence-electron chi connectivity index (χ4n) is 3.91. The van der Waals surface area contributed by atoms with Crippen LogP contribution in [0.15, 0.2) is 39.5 Å². The Morgan fingerprint density at radius 3 is 2.68 bits per heavy atom. The molecule has 0 spiro atoms. The number of thiazole rings is 1. The molecule has 12 heteroatoms. The first-order valence-corrected chi connectivity index (χ1v) is 14.3. The summed E-state index contributed by atoms with van der Waals surface area (Å²) < 4.78 is 35.6. The van der Waals surface area contributed by atoms with E-state index >= 15 is 0 Å². The van der Waals surface area contributed by atoms with E-state index in [1.807, 2.05) is 25.1 Å². The zero-order chi connectivity index (χ0) is 24.5. The predicted octanol–water partition coefficient (Wildman–Crippen LogP) is 3.82. The highest BCUT2D eigenvalue weighted by Crippen LogP contribution is 2.32. The van der Waals surface area contributed by atoms with Crippen LogP contribution >= 0.6 is 34.3 Å². The monoisotopic (exact) mass is 541 g/mol. The third kappa shape index (κ3) is 4.99. The Bertz CT molecular complexity index is 1410. The number of aromatic nitrogens is 1. The SMILES string of the molecule is CCOC(=O)Cn1c(=NC(=O)C2CCCN2S(=O)(=O)c2ccc(Cl)s2)sc2cc(CC)ccc21. The number of carbonyl (C=O) groups excluding carboxylic acids is 2. The molecule has 1 saturated heterocycles. The molecule has 4 rings (SSSR count). The smallest absolute Gasteiger partial charge is 0.326 e. The molecule has 0 saturated carbocycles. The van der Waals surface area contributed by atoms with Crippen LogP contribution in [0.3, 0.4) is 0 Å². The van der Waals surface area contributed by atoms with Gasteiger partial charge in [-0.05, 0) is 56.0 Å². The average Bonchev–Trinajstić information content (AvgIpc) is 3.53. The molecule has 0 N–H and O–H groups in total. The van der Waals surface area contributed by atoms with E-state index in [1.54, 1.807) is 11.5 Å². The van der Waals surface area contributed by atoms with Crippen LogP contribution in [0.5, 0.6) is 0 Å². The van der Waals surface area contributed by atoms with Crippen molar-refractivity contribution in [3.8, 4) is 0 Å². The minimum atomic E-state index is -3.87. The van der Waals surface area contributed by atoms with Crippen LogP contribution in [-0.4, -0.2) is 48.4 Å². The van der Waals surface area contributed by atoms with Gasteiger partial charge < -0.3 is 9.30 Å². The number of benzene rings is 1. The number of esters is 1. The Labute approximate surface area is 210 Å². The number of nitrogens with zero attached hydrogens (tertiary/aromatic N) is 3. The van der Waals surface area contributed by atoms with Crippen LogP contribution in [0.25, 0.3) is 10.2 Å². The number of hydrogen-bond acceptors (Lipinski definition) is 7. The van der Waals surface area contributed by atoms with Crippen LogP contribution in [0.1, 0.15) is 32.3 Å². The zero-order valence-corrected chi connectivity index (χ0v) is 21.9. The fourth-order valence-corrected chi connectivity index (χ4v) is 8.27. The predicted molar refractivity (Wildman–Crippen MR) is 133 cm³/mol. The van der Waals surface area contributed by atoms with Gasteiger partial charge in [0, 0.05) is 6.54 Å². The number of hydrogen-bond donors (Lipinski definition) is 0. The Morgan fingerprint density at radius 1 is 1.21 bits per heavy atom. The molecule has 182 valence electrons. The number of carbonyl (C=O) groups is 2. The van der Waals surface area contributed by atoms with Gasteiger partial charge in [-0.1, -0.05) is 35.9 Å². The summed E-state index contributed by atoms with van der Waals surface area (Å²) in [4.78, 5) is 30.2. The second kappa shape index (κ2) is 10.3. The second-order valence-electron chi connectivity index (χ2n) is 7.71. The van der Waals surface area contributed by atoms with E-state index in [9.17, 15) is 18.0 Å². The number of fused-ring (bicyclic) bond motifs is 1. The molecule has 2 aromatic heterocycles. The van der Waals surface area contributed by atoms with Crippen molar-refractivity contribution in [3.05, 3.63) is 45.0 Å². The molecule has 1 amide bonds. The molecule has 0 bridgehead atoms. The molecular weight excluding hydrogens is 518 g/mol. The van der Waals surface area contributed by atoms with Crippen molar-refractivity contribution in [3.63, 3.8) is 0 Å². The van der Waals surface area contributed by atoms with Gasteiger partial charge in [-0.3, -0.25) is 9.59 Å². The molecule has 3 aromatic rings. The van der Waals surface area contributed by atoms with Crippen molar-refractivity contribution >= 4 is 66.4 Å². The highest BCUT2D eigenvalue weighted by molar-refractivity contribution is 7.91. The molecule has 1 unspecified atom stereocenters. The summed E-state index contributed by atoms with van der Waals surface area (Å²) in [6, 6.07) is 7.96. The van der Waals surface area contributed by atoms with Gasteiger partial charge in [0.15, 0.2) is 4.80 Å². The lowest BCUT2D eigenvalue weighted by atomic mass is 10.2. The zero-order valence-electron chi connectivity index (χ0n) is 18.7. The normalized spacial score (nSPS) is 17.5. The van der Waals surface area contributed by atoms with E-state index in [-0.39, 0.29) is 23.9 Å². The number of halogens is 1. The fraction of sp³-hybridized carbons (Fsp3) is 0.409. The van der Waals surface area contributed by atoms with Gasteiger partial charge in [0.25, 0.3) is 15.9 Å². The van der Waals surface area contributed by atoms with Crippen molar-refractivity contribution in [2.45, 2.75) is 49.9 Å². The minimum absolute atomic E-state index is 0.0915. The lowest BCUT2D eigenvalue weighted by molar-refractivity contribution is -0.143. The first-order valence-electron chi connectivity index (χ1n) is 10.9. The molecule has 1 fully saturated rings. The van der Waals surface area contributed by atoms with Crippen molar-refractivity contribution < 1.29 is 22.7 Å². The summed E-state index contributed by atoms with van der Waals surface area (Å²) in [5.74, 6) is -0.987. The first-order chi connectivity index (χ1) is 16.2. The van der Waals surface area contributed by atoms with Crippen LogP contribution in [0.4, 0.5) is 0 Å². The number of aryl methyl sites for hydroxylation is 1. The summed E-state index contributed by atoms with van der Waals surface area (Å²) in [5.41, 5.74) is 1.89. The third-order valence-corrected chi connectivity index (χ3v) is 10.2. The topological polar surface area (TPSA) is 98.0 Å². The number of sulfonamides is 1. The Morgan fingerprint density at radius 2 is 2.00 bits per heavy atom. The highest BCUT2D eigenvalue weighted by Gasteiger charge is 2.40. The lowest BCUT2D eigenvalue weighted by Crippen LogP contribution is -2.40. The summed E-state index contributed by atoms with van der Waals surface area (Å²) >= 11 is 8.19. The Balaban J connectivity index is 1.73. The van der Waals surface area contributed by atoms with E-state index in [1.165, 1.54) is 27.8 Å². The van der Waals surface area contributed by atoms with E-state index in [4.69, 9.17) is 16.3 Å². The van der Waals surface area contributed by atoms with Gasteiger partial charge in [0.2, 0.25) is 0 Å². The Kier molecular flexibility index (Phi) is 7.58. The minimum Gasteiger partial charge on any atom is -0.465 e. The maximum atomic E-state index is 13.3. The molecule has 0 aliphatic carbocycles. The van der Waals surface area contributed by atoms with Crippen LogP contribution in [0.2, 0.25) is 4.34 Å². The van der Waals surface area contributed by atoms with Crippen molar-refractivity contribution in [1.82, 2.24) is 8.87 Å². The third-order valence-electron chi connectivity index (χ3n) is 5.55. The second-order valence-corrected chi connectivity index (χ2v) is 12.6. The Hall–Kier alpha value is -2.05. The summed E-state index contributed by atoms with van der Waals surface area (Å²) in [6.45, 7) is 4.16. The molecule has 3 heterocycles. The first kappa shape index (κ1) is 25.1. The molecule has 1 aromatic carbocycles. The van der Waals surface area contributed by atoms with E-state index in [0.29, 0.717) is 22.0 Å². The number of rotatable bonds is 7. The van der Waals surface area contributed by atoms with Gasteiger partial charge in [-0.25, -0.2) is 8.42 Å². The number of thiophene rings is 1. The highest BCUT2D eigenvalue weighted by atomic mass is 35.5. The van der Waals surface area contributed by atoms with Crippen molar-refractivity contribution in [1.29, 1.82) is 0 Å². The number of ether oxygens (including phenoxy) is 1. The lowest BCUT2D eigenvalue weighted by Gasteiger charge is -2.20. The van der Waals surface area contributed by atoms with Gasteiger partial charge in [-0.15, -0.1) is 11.3 Å². The van der Waals surface area contributed by atoms with Gasteiger partial charge in [0.05, 0.1) is 21.2 Å². The standard InChI is InChI=1S/C22H24ClN3O5S3/c1-3-14-7-8-15-17(12-14)32-22(25(15)13-19(27)31-4-2)24-21(28)16-6-5-11-26(16)34(29,30)20-10-9-18(23)33-20/h7-10,12,16H,3-6,11,13H2,1-2H3.